The van der Waals surface area contributed by atoms with Gasteiger partial charge in [0.2, 0.25) is 5.43 Å². The Balaban J connectivity index is 1.73. The van der Waals surface area contributed by atoms with Gasteiger partial charge in [-0.05, 0) is 55.3 Å². The summed E-state index contributed by atoms with van der Waals surface area (Å²) in [6.45, 7) is 1.26. The van der Waals surface area contributed by atoms with E-state index in [2.05, 4.69) is 20.9 Å². The highest BCUT2D eigenvalue weighted by Crippen LogP contribution is 2.25. The number of benzene rings is 2. The predicted octanol–water partition coefficient (Wildman–Crippen LogP) is 4.13. The Labute approximate surface area is 195 Å². The number of hydrogen-bond donors (Lipinski definition) is 1. The molecule has 0 unspecified atom stereocenters. The lowest BCUT2D eigenvalue weighted by Gasteiger charge is -2.21. The zero-order chi connectivity index (χ0) is 22.9. The molecule has 2 heterocycles. The number of aromatic nitrogens is 1. The van der Waals surface area contributed by atoms with E-state index in [0.29, 0.717) is 24.3 Å². The van der Waals surface area contributed by atoms with Gasteiger partial charge in [0.15, 0.2) is 0 Å². The molecule has 168 valence electrons. The summed E-state index contributed by atoms with van der Waals surface area (Å²) in [5.41, 5.74) is 0.548. The number of carbonyl (C=O) groups is 1. The van der Waals surface area contributed by atoms with E-state index in [1.54, 1.807) is 35.2 Å². The molecular formula is C23H24BrN3O4S. The van der Waals surface area contributed by atoms with Gasteiger partial charge in [-0.3, -0.25) is 13.9 Å². The first kappa shape index (κ1) is 22.5. The first-order chi connectivity index (χ1) is 15.3. The highest BCUT2D eigenvalue weighted by molar-refractivity contribution is 9.10. The molecule has 1 aromatic heterocycles. The van der Waals surface area contributed by atoms with Crippen LogP contribution < -0.4 is 9.73 Å². The number of pyridine rings is 1. The summed E-state index contributed by atoms with van der Waals surface area (Å²) in [6, 6.07) is 11.2. The molecule has 2 aromatic carbocycles. The average Bonchev–Trinajstić information content (AvgIpc) is 3.08. The molecule has 0 radical (unpaired) electrons. The molecule has 32 heavy (non-hydrogen) atoms. The monoisotopic (exact) mass is 517 g/mol. The Kier molecular flexibility index (Phi) is 6.39. The first-order valence-corrected chi connectivity index (χ1v) is 12.7. The quantitative estimate of drug-likeness (QED) is 0.563. The minimum atomic E-state index is -3.90. The van der Waals surface area contributed by atoms with Gasteiger partial charge in [-0.15, -0.1) is 0 Å². The second kappa shape index (κ2) is 9.07. The highest BCUT2D eigenvalue weighted by atomic mass is 79.9. The number of fused-ring (bicyclic) bond motifs is 1. The number of nitrogens with one attached hydrogen (secondary N) is 1. The Bertz CT molecular complexity index is 1310. The number of amides is 1. The molecule has 0 bridgehead atoms. The van der Waals surface area contributed by atoms with Crippen LogP contribution in [0.25, 0.3) is 10.9 Å². The Morgan fingerprint density at radius 3 is 2.34 bits per heavy atom. The molecule has 4 rings (SSSR count). The standard InChI is InChI=1S/C23H24BrN3O4S/c1-26(17-8-6-16(24)7-9-17)32(30,31)18-10-11-21-19(14-18)22(28)20(15-25-21)23(29)27-12-4-2-3-5-13-27/h6-11,14-15H,2-5,12-13H2,1H3,(H,25,28). The number of anilines is 1. The third-order valence-electron chi connectivity index (χ3n) is 5.82. The van der Waals surface area contributed by atoms with Crippen LogP contribution in [0.2, 0.25) is 0 Å². The molecule has 1 aliphatic heterocycles. The summed E-state index contributed by atoms with van der Waals surface area (Å²) in [5.74, 6) is -0.310. The molecule has 9 heteroatoms. The lowest BCUT2D eigenvalue weighted by atomic mass is 10.1. The van der Waals surface area contributed by atoms with Crippen LogP contribution in [0.15, 0.2) is 62.8 Å². The Morgan fingerprint density at radius 1 is 1.03 bits per heavy atom. The van der Waals surface area contributed by atoms with E-state index >= 15 is 0 Å². The van der Waals surface area contributed by atoms with Crippen molar-refractivity contribution in [2.75, 3.05) is 24.4 Å². The van der Waals surface area contributed by atoms with Gasteiger partial charge in [-0.1, -0.05) is 28.8 Å². The minimum Gasteiger partial charge on any atom is -0.360 e. The second-order valence-electron chi connectivity index (χ2n) is 7.89. The van der Waals surface area contributed by atoms with Crippen LogP contribution in [0.1, 0.15) is 36.0 Å². The third kappa shape index (κ3) is 4.31. The van der Waals surface area contributed by atoms with Crippen LogP contribution in [0.3, 0.4) is 0 Å². The fourth-order valence-corrected chi connectivity index (χ4v) is 5.40. The van der Waals surface area contributed by atoms with E-state index in [-0.39, 0.29) is 21.8 Å². The number of carbonyl (C=O) groups excluding carboxylic acids is 1. The molecule has 7 nitrogen and oxygen atoms in total. The smallest absolute Gasteiger partial charge is 0.264 e. The number of H-pyrrole nitrogens is 1. The Hall–Kier alpha value is -2.65. The van der Waals surface area contributed by atoms with Crippen molar-refractivity contribution >= 4 is 48.5 Å². The molecular weight excluding hydrogens is 494 g/mol. The van der Waals surface area contributed by atoms with Crippen LogP contribution in [0.5, 0.6) is 0 Å². The van der Waals surface area contributed by atoms with Crippen LogP contribution in [0, 0.1) is 0 Å². The molecule has 1 aliphatic rings. The maximum atomic E-state index is 13.2. The Morgan fingerprint density at radius 2 is 1.69 bits per heavy atom. The topological polar surface area (TPSA) is 90.6 Å². The number of hydrogen-bond acceptors (Lipinski definition) is 4. The molecule has 0 atom stereocenters. The van der Waals surface area contributed by atoms with Crippen molar-refractivity contribution in [3.63, 3.8) is 0 Å². The molecule has 1 N–H and O–H groups in total. The van der Waals surface area contributed by atoms with Crippen molar-refractivity contribution in [2.45, 2.75) is 30.6 Å². The summed E-state index contributed by atoms with van der Waals surface area (Å²) in [6.07, 6.45) is 5.42. The molecule has 3 aromatic rings. The van der Waals surface area contributed by atoms with E-state index in [1.165, 1.54) is 29.7 Å². The maximum absolute atomic E-state index is 13.2. The van der Waals surface area contributed by atoms with Gasteiger partial charge in [0.25, 0.3) is 15.9 Å². The van der Waals surface area contributed by atoms with E-state index in [1.807, 2.05) is 0 Å². The molecule has 0 aliphatic carbocycles. The second-order valence-corrected chi connectivity index (χ2v) is 10.8. The zero-order valence-corrected chi connectivity index (χ0v) is 20.1. The molecule has 1 amide bonds. The van der Waals surface area contributed by atoms with Crippen LogP contribution in [-0.2, 0) is 10.0 Å². The largest absolute Gasteiger partial charge is 0.360 e. The SMILES string of the molecule is CN(c1ccc(Br)cc1)S(=O)(=O)c1ccc2[nH]cc(C(=O)N3CCCCCC3)c(=O)c2c1. The van der Waals surface area contributed by atoms with Crippen LogP contribution in [-0.4, -0.2) is 44.3 Å². The number of sulfonamides is 1. The molecule has 0 saturated carbocycles. The van der Waals surface area contributed by atoms with Crippen molar-refractivity contribution in [1.29, 1.82) is 0 Å². The van der Waals surface area contributed by atoms with Crippen molar-refractivity contribution in [2.24, 2.45) is 0 Å². The third-order valence-corrected chi connectivity index (χ3v) is 8.13. The summed E-state index contributed by atoms with van der Waals surface area (Å²) < 4.78 is 28.4. The lowest BCUT2D eigenvalue weighted by molar-refractivity contribution is 0.0760. The van der Waals surface area contributed by atoms with Gasteiger partial charge in [0.1, 0.15) is 5.56 Å². The van der Waals surface area contributed by atoms with Gasteiger partial charge >= 0.3 is 0 Å². The zero-order valence-electron chi connectivity index (χ0n) is 17.7. The molecule has 1 fully saturated rings. The fourth-order valence-electron chi connectivity index (χ4n) is 3.91. The number of likely N-dealkylation sites (tertiary alicyclic amines) is 1. The van der Waals surface area contributed by atoms with Gasteiger partial charge in [-0.25, -0.2) is 8.42 Å². The van der Waals surface area contributed by atoms with Crippen LogP contribution in [0.4, 0.5) is 5.69 Å². The molecule has 1 saturated heterocycles. The van der Waals surface area contributed by atoms with Gasteiger partial charge in [0, 0.05) is 41.7 Å². The number of nitrogens with zero attached hydrogens (tertiary/aromatic N) is 2. The van der Waals surface area contributed by atoms with E-state index in [4.69, 9.17) is 0 Å². The summed E-state index contributed by atoms with van der Waals surface area (Å²) in [4.78, 5) is 30.8. The maximum Gasteiger partial charge on any atom is 0.264 e. The van der Waals surface area contributed by atoms with Crippen molar-refractivity contribution in [3.05, 3.63) is 68.9 Å². The first-order valence-electron chi connectivity index (χ1n) is 10.5. The van der Waals surface area contributed by atoms with E-state index < -0.39 is 15.5 Å². The van der Waals surface area contributed by atoms with Crippen molar-refractivity contribution < 1.29 is 13.2 Å². The van der Waals surface area contributed by atoms with Crippen molar-refractivity contribution in [3.8, 4) is 0 Å². The minimum absolute atomic E-state index is 0.0136. The van der Waals surface area contributed by atoms with Gasteiger partial charge in [-0.2, -0.15) is 0 Å². The van der Waals surface area contributed by atoms with E-state index in [0.717, 1.165) is 30.2 Å². The van der Waals surface area contributed by atoms with Gasteiger partial charge in [0.05, 0.1) is 10.6 Å². The number of rotatable bonds is 4. The number of aromatic amines is 1. The van der Waals surface area contributed by atoms with Gasteiger partial charge < -0.3 is 9.88 Å². The highest BCUT2D eigenvalue weighted by Gasteiger charge is 2.24. The summed E-state index contributed by atoms with van der Waals surface area (Å²) in [7, 11) is -2.44. The average molecular weight is 518 g/mol. The molecule has 0 spiro atoms. The predicted molar refractivity (Wildman–Crippen MR) is 129 cm³/mol. The summed E-state index contributed by atoms with van der Waals surface area (Å²) >= 11 is 3.34. The fraction of sp³-hybridized carbons (Fsp3) is 0.304. The van der Waals surface area contributed by atoms with E-state index in [9.17, 15) is 18.0 Å². The summed E-state index contributed by atoms with van der Waals surface area (Å²) in [5, 5.41) is 0.177. The normalized spacial score (nSPS) is 14.9. The van der Waals surface area contributed by atoms with Crippen LogP contribution >= 0.6 is 15.9 Å². The lowest BCUT2D eigenvalue weighted by Crippen LogP contribution is -2.35. The van der Waals surface area contributed by atoms with Crippen molar-refractivity contribution in [1.82, 2.24) is 9.88 Å². The number of halogens is 1.